The van der Waals surface area contributed by atoms with Gasteiger partial charge in [0.1, 0.15) is 5.92 Å². The molecule has 1 atom stereocenters. The fourth-order valence-corrected chi connectivity index (χ4v) is 1.73. The number of Topliss-reactive ketones (excluding diaryl/α,β-unsaturated/α-hetero) is 1. The number of carbonyl (C=O) groups is 2. The lowest BCUT2D eigenvalue weighted by Gasteiger charge is -2.05. The lowest BCUT2D eigenvalue weighted by atomic mass is 10.1. The largest absolute Gasteiger partial charge is 0.465 e. The van der Waals surface area contributed by atoms with Crippen LogP contribution in [0.4, 0.5) is 0 Å². The van der Waals surface area contributed by atoms with Crippen molar-refractivity contribution in [3.8, 4) is 0 Å². The number of hydrogen-bond donors (Lipinski definition) is 0. The van der Waals surface area contributed by atoms with E-state index in [1.807, 2.05) is 0 Å². The van der Waals surface area contributed by atoms with Gasteiger partial charge in [0, 0.05) is 18.2 Å². The predicted octanol–water partition coefficient (Wildman–Crippen LogP) is 1.000. The van der Waals surface area contributed by atoms with E-state index < -0.39 is 11.9 Å². The number of ketones is 1. The second kappa shape index (κ2) is 3.81. The molecule has 0 fully saturated rings. The van der Waals surface area contributed by atoms with E-state index in [1.54, 1.807) is 25.3 Å². The molecule has 0 spiro atoms. The zero-order valence-corrected chi connectivity index (χ0v) is 8.40. The van der Waals surface area contributed by atoms with Gasteiger partial charge < -0.3 is 4.74 Å². The highest BCUT2D eigenvalue weighted by Crippen LogP contribution is 2.25. The van der Waals surface area contributed by atoms with Crippen LogP contribution in [0.3, 0.4) is 0 Å². The number of pyridine rings is 1. The quantitative estimate of drug-likeness (QED) is 0.534. The molecule has 0 radical (unpaired) electrons. The molecule has 1 aromatic heterocycles. The molecule has 15 heavy (non-hydrogen) atoms. The average molecular weight is 205 g/mol. The first-order valence-electron chi connectivity index (χ1n) is 4.88. The Morgan fingerprint density at radius 2 is 2.47 bits per heavy atom. The minimum Gasteiger partial charge on any atom is -0.465 e. The Hall–Kier alpha value is -1.71. The molecule has 0 unspecified atom stereocenters. The van der Waals surface area contributed by atoms with Gasteiger partial charge in [-0.2, -0.15) is 0 Å². The first kappa shape index (κ1) is 9.83. The summed E-state index contributed by atoms with van der Waals surface area (Å²) in [5.74, 6) is -1.30. The third-order valence-electron chi connectivity index (χ3n) is 2.44. The smallest absolute Gasteiger partial charge is 0.317 e. The zero-order chi connectivity index (χ0) is 10.8. The number of esters is 1. The average Bonchev–Trinajstić information content (AvgIpc) is 2.57. The summed E-state index contributed by atoms with van der Waals surface area (Å²) in [6.45, 7) is 2.02. The Morgan fingerprint density at radius 3 is 3.13 bits per heavy atom. The van der Waals surface area contributed by atoms with E-state index in [9.17, 15) is 9.59 Å². The van der Waals surface area contributed by atoms with Gasteiger partial charge in [-0.25, -0.2) is 0 Å². The molecule has 0 amide bonds. The summed E-state index contributed by atoms with van der Waals surface area (Å²) in [5.41, 5.74) is 1.25. The summed E-state index contributed by atoms with van der Waals surface area (Å²) in [6.07, 6.45) is 1.99. The van der Waals surface area contributed by atoms with Crippen LogP contribution in [-0.4, -0.2) is 23.3 Å². The van der Waals surface area contributed by atoms with Crippen LogP contribution >= 0.6 is 0 Å². The number of carbonyl (C=O) groups excluding carboxylic acids is 2. The van der Waals surface area contributed by atoms with Crippen LogP contribution in [0.1, 0.15) is 23.0 Å². The third kappa shape index (κ3) is 1.63. The van der Waals surface area contributed by atoms with Crippen molar-refractivity contribution >= 4 is 11.8 Å². The predicted molar refractivity (Wildman–Crippen MR) is 52.4 cm³/mol. The molecule has 4 nitrogen and oxygen atoms in total. The van der Waals surface area contributed by atoms with Crippen molar-refractivity contribution in [2.75, 3.05) is 6.61 Å². The Bertz CT molecular complexity index is 414. The maximum absolute atomic E-state index is 11.8. The highest BCUT2D eigenvalue weighted by atomic mass is 16.5. The molecule has 2 rings (SSSR count). The number of nitrogens with zero attached hydrogens (tertiary/aromatic N) is 1. The molecule has 0 aromatic carbocycles. The lowest BCUT2D eigenvalue weighted by molar-refractivity contribution is -0.145. The van der Waals surface area contributed by atoms with Gasteiger partial charge in [0.05, 0.1) is 12.3 Å². The molecule has 0 bridgehead atoms. The molecule has 78 valence electrons. The van der Waals surface area contributed by atoms with Crippen LogP contribution in [0.5, 0.6) is 0 Å². The maximum atomic E-state index is 11.8. The van der Waals surface area contributed by atoms with Crippen molar-refractivity contribution in [1.82, 2.24) is 4.98 Å². The van der Waals surface area contributed by atoms with Crippen molar-refractivity contribution in [3.63, 3.8) is 0 Å². The SMILES string of the molecule is CCOC(=O)[C@@H]1Cc2ncccc2C1=O. The fraction of sp³-hybridized carbons (Fsp3) is 0.364. The van der Waals surface area contributed by atoms with Crippen molar-refractivity contribution in [2.45, 2.75) is 13.3 Å². The molecule has 4 heteroatoms. The highest BCUT2D eigenvalue weighted by molar-refractivity contribution is 6.11. The zero-order valence-electron chi connectivity index (χ0n) is 8.40. The van der Waals surface area contributed by atoms with Gasteiger partial charge in [0.25, 0.3) is 0 Å². The van der Waals surface area contributed by atoms with Crippen molar-refractivity contribution in [1.29, 1.82) is 0 Å². The second-order valence-corrected chi connectivity index (χ2v) is 3.37. The second-order valence-electron chi connectivity index (χ2n) is 3.37. The van der Waals surface area contributed by atoms with Crippen molar-refractivity contribution < 1.29 is 14.3 Å². The van der Waals surface area contributed by atoms with E-state index in [0.29, 0.717) is 24.3 Å². The first-order chi connectivity index (χ1) is 7.24. The van der Waals surface area contributed by atoms with Crippen LogP contribution in [0.15, 0.2) is 18.3 Å². The van der Waals surface area contributed by atoms with Crippen molar-refractivity contribution in [2.24, 2.45) is 5.92 Å². The Kier molecular flexibility index (Phi) is 2.49. The van der Waals surface area contributed by atoms with Crippen LogP contribution in [-0.2, 0) is 16.0 Å². The lowest BCUT2D eigenvalue weighted by Crippen LogP contribution is -2.23. The van der Waals surface area contributed by atoms with Gasteiger partial charge in [0.2, 0.25) is 0 Å². The molecule has 1 aliphatic rings. The molecule has 1 aromatic rings. The number of hydrogen-bond acceptors (Lipinski definition) is 4. The van der Waals surface area contributed by atoms with E-state index >= 15 is 0 Å². The van der Waals surface area contributed by atoms with E-state index in [4.69, 9.17) is 4.74 Å². The molecule has 0 N–H and O–H groups in total. The number of aromatic nitrogens is 1. The minimum absolute atomic E-state index is 0.170. The van der Waals surface area contributed by atoms with Gasteiger partial charge >= 0.3 is 5.97 Å². The summed E-state index contributed by atoms with van der Waals surface area (Å²) in [7, 11) is 0. The standard InChI is InChI=1S/C11H11NO3/c1-2-15-11(14)8-6-9-7(10(8)13)4-3-5-12-9/h3-5,8H,2,6H2,1H3/t8-/m1/s1. The summed E-state index contributed by atoms with van der Waals surface area (Å²) in [6, 6.07) is 3.40. The van der Waals surface area contributed by atoms with Gasteiger partial charge in [-0.05, 0) is 19.1 Å². The summed E-state index contributed by atoms with van der Waals surface area (Å²) < 4.78 is 4.84. The molecular formula is C11H11NO3. The minimum atomic E-state index is -0.685. The van der Waals surface area contributed by atoms with E-state index in [0.717, 1.165) is 0 Å². The molecular weight excluding hydrogens is 194 g/mol. The summed E-state index contributed by atoms with van der Waals surface area (Å²) >= 11 is 0. The maximum Gasteiger partial charge on any atom is 0.317 e. The number of fused-ring (bicyclic) bond motifs is 1. The molecule has 0 aliphatic heterocycles. The summed E-state index contributed by atoms with van der Waals surface area (Å²) in [5, 5.41) is 0. The normalized spacial score (nSPS) is 18.7. The molecule has 1 heterocycles. The molecule has 0 saturated heterocycles. The van der Waals surface area contributed by atoms with Gasteiger partial charge in [-0.15, -0.1) is 0 Å². The Balaban J connectivity index is 2.24. The monoisotopic (exact) mass is 205 g/mol. The van der Waals surface area contributed by atoms with Gasteiger partial charge in [0.15, 0.2) is 5.78 Å². The van der Waals surface area contributed by atoms with Crippen LogP contribution < -0.4 is 0 Å². The summed E-state index contributed by atoms with van der Waals surface area (Å²) in [4.78, 5) is 27.3. The van der Waals surface area contributed by atoms with Crippen LogP contribution in [0.25, 0.3) is 0 Å². The van der Waals surface area contributed by atoms with Crippen LogP contribution in [0, 0.1) is 5.92 Å². The third-order valence-corrected chi connectivity index (χ3v) is 2.44. The number of rotatable bonds is 2. The van der Waals surface area contributed by atoms with E-state index in [-0.39, 0.29) is 5.78 Å². The van der Waals surface area contributed by atoms with Crippen molar-refractivity contribution in [3.05, 3.63) is 29.6 Å². The van der Waals surface area contributed by atoms with E-state index in [2.05, 4.69) is 4.98 Å². The first-order valence-corrected chi connectivity index (χ1v) is 4.88. The van der Waals surface area contributed by atoms with Gasteiger partial charge in [-0.1, -0.05) is 0 Å². The number of ether oxygens (including phenoxy) is 1. The highest BCUT2D eigenvalue weighted by Gasteiger charge is 2.37. The Labute approximate surface area is 87.3 Å². The Morgan fingerprint density at radius 1 is 1.67 bits per heavy atom. The molecule has 1 aliphatic carbocycles. The van der Waals surface area contributed by atoms with Gasteiger partial charge in [-0.3, -0.25) is 14.6 Å². The fourth-order valence-electron chi connectivity index (χ4n) is 1.73. The van der Waals surface area contributed by atoms with E-state index in [1.165, 1.54) is 0 Å². The topological polar surface area (TPSA) is 56.3 Å². The molecule has 0 saturated carbocycles. The van der Waals surface area contributed by atoms with Crippen LogP contribution in [0.2, 0.25) is 0 Å².